The zero-order valence-corrected chi connectivity index (χ0v) is 13.7. The lowest BCUT2D eigenvalue weighted by molar-refractivity contribution is 0.377. The summed E-state index contributed by atoms with van der Waals surface area (Å²) in [6.07, 6.45) is 2.58. The Labute approximate surface area is 121 Å². The zero-order valence-electron chi connectivity index (χ0n) is 12.9. The number of nitrogens with zero attached hydrogens (tertiary/aromatic N) is 2. The van der Waals surface area contributed by atoms with Gasteiger partial charge < -0.3 is 10.2 Å². The molecule has 1 saturated heterocycles. The fourth-order valence-corrected chi connectivity index (χ4v) is 4.26. The number of hydrogen-bond acceptors (Lipinski definition) is 4. The molecular weight excluding hydrogens is 254 g/mol. The second kappa shape index (κ2) is 6.23. The maximum Gasteiger partial charge on any atom is 0.186 e. The predicted molar refractivity (Wildman–Crippen MR) is 84.2 cm³/mol. The number of aromatic nitrogens is 1. The number of hydrogen-bond donors (Lipinski definition) is 1. The standard InChI is InChI=1S/C15H27N3S/c1-10(2)14-13(9-16-5)19-15(17-14)18-7-6-11(3)8-12(18)4/h10-12,16H,6-9H2,1-5H3. The smallest absolute Gasteiger partial charge is 0.186 e. The molecule has 0 amide bonds. The van der Waals surface area contributed by atoms with Gasteiger partial charge in [0.1, 0.15) is 0 Å². The first-order chi connectivity index (χ1) is 9.02. The third-order valence-corrected chi connectivity index (χ3v) is 5.09. The van der Waals surface area contributed by atoms with E-state index in [-0.39, 0.29) is 0 Å². The molecule has 1 fully saturated rings. The highest BCUT2D eigenvalue weighted by atomic mass is 32.1. The van der Waals surface area contributed by atoms with Crippen molar-refractivity contribution in [3.05, 3.63) is 10.6 Å². The molecule has 108 valence electrons. The molecular formula is C15H27N3S. The zero-order chi connectivity index (χ0) is 14.0. The van der Waals surface area contributed by atoms with Crippen molar-refractivity contribution in [2.24, 2.45) is 5.92 Å². The summed E-state index contributed by atoms with van der Waals surface area (Å²) in [5, 5.41) is 4.50. The maximum absolute atomic E-state index is 4.93. The van der Waals surface area contributed by atoms with Gasteiger partial charge in [0.15, 0.2) is 5.13 Å². The number of nitrogens with one attached hydrogen (secondary N) is 1. The lowest BCUT2D eigenvalue weighted by Crippen LogP contribution is -2.40. The Hall–Kier alpha value is -0.610. The molecule has 2 rings (SSSR count). The summed E-state index contributed by atoms with van der Waals surface area (Å²) >= 11 is 1.88. The molecule has 0 saturated carbocycles. The molecule has 0 aromatic carbocycles. The van der Waals surface area contributed by atoms with E-state index in [1.807, 2.05) is 18.4 Å². The van der Waals surface area contributed by atoms with Gasteiger partial charge in [-0.1, -0.05) is 20.8 Å². The van der Waals surface area contributed by atoms with Crippen LogP contribution in [-0.4, -0.2) is 24.6 Å². The normalized spacial score (nSPS) is 24.2. The van der Waals surface area contributed by atoms with E-state index in [1.54, 1.807) is 0 Å². The lowest BCUT2D eigenvalue weighted by Gasteiger charge is -2.36. The van der Waals surface area contributed by atoms with Crippen molar-refractivity contribution >= 4 is 16.5 Å². The first-order valence-electron chi connectivity index (χ1n) is 7.43. The van der Waals surface area contributed by atoms with Crippen molar-refractivity contribution < 1.29 is 0 Å². The van der Waals surface area contributed by atoms with Crippen LogP contribution < -0.4 is 10.2 Å². The van der Waals surface area contributed by atoms with Crippen LogP contribution in [0.15, 0.2) is 0 Å². The van der Waals surface area contributed by atoms with E-state index in [9.17, 15) is 0 Å². The van der Waals surface area contributed by atoms with Crippen LogP contribution in [0.5, 0.6) is 0 Å². The number of anilines is 1. The molecule has 1 aliphatic heterocycles. The molecule has 2 heterocycles. The van der Waals surface area contributed by atoms with E-state index in [0.29, 0.717) is 12.0 Å². The van der Waals surface area contributed by atoms with E-state index in [2.05, 4.69) is 37.9 Å². The van der Waals surface area contributed by atoms with Gasteiger partial charge in [-0.15, -0.1) is 11.3 Å². The van der Waals surface area contributed by atoms with Crippen LogP contribution in [0.1, 0.15) is 57.0 Å². The van der Waals surface area contributed by atoms with Crippen LogP contribution in [0, 0.1) is 5.92 Å². The maximum atomic E-state index is 4.93. The minimum atomic E-state index is 0.507. The Morgan fingerprint density at radius 1 is 1.42 bits per heavy atom. The molecule has 19 heavy (non-hydrogen) atoms. The molecule has 1 aromatic rings. The molecule has 0 aliphatic carbocycles. The Kier molecular flexibility index (Phi) is 4.85. The van der Waals surface area contributed by atoms with Crippen molar-refractivity contribution in [1.82, 2.24) is 10.3 Å². The topological polar surface area (TPSA) is 28.2 Å². The van der Waals surface area contributed by atoms with E-state index in [0.717, 1.165) is 19.0 Å². The molecule has 0 spiro atoms. The molecule has 1 aliphatic rings. The highest BCUT2D eigenvalue weighted by Crippen LogP contribution is 2.34. The molecule has 1 N–H and O–H groups in total. The summed E-state index contributed by atoms with van der Waals surface area (Å²) in [4.78, 5) is 8.84. The second-order valence-corrected chi connectivity index (χ2v) is 7.22. The van der Waals surface area contributed by atoms with Gasteiger partial charge in [0, 0.05) is 24.0 Å². The van der Waals surface area contributed by atoms with Crippen LogP contribution in [0.2, 0.25) is 0 Å². The third kappa shape index (κ3) is 3.29. The van der Waals surface area contributed by atoms with Crippen LogP contribution >= 0.6 is 11.3 Å². The number of rotatable bonds is 4. The Morgan fingerprint density at radius 3 is 2.74 bits per heavy atom. The summed E-state index contributed by atoms with van der Waals surface area (Å²) in [6, 6.07) is 0.623. The number of piperidine rings is 1. The predicted octanol–water partition coefficient (Wildman–Crippen LogP) is 3.61. The Balaban J connectivity index is 2.22. The lowest BCUT2D eigenvalue weighted by atomic mass is 9.94. The largest absolute Gasteiger partial charge is 0.345 e. The molecule has 4 heteroatoms. The van der Waals surface area contributed by atoms with Crippen molar-refractivity contribution in [2.75, 3.05) is 18.5 Å². The van der Waals surface area contributed by atoms with E-state index in [1.165, 1.54) is 28.5 Å². The molecule has 0 bridgehead atoms. The van der Waals surface area contributed by atoms with Crippen LogP contribution in [-0.2, 0) is 6.54 Å². The number of thiazole rings is 1. The van der Waals surface area contributed by atoms with Gasteiger partial charge in [-0.05, 0) is 38.6 Å². The van der Waals surface area contributed by atoms with Crippen LogP contribution in [0.4, 0.5) is 5.13 Å². The van der Waals surface area contributed by atoms with Gasteiger partial charge in [-0.2, -0.15) is 0 Å². The van der Waals surface area contributed by atoms with Gasteiger partial charge in [-0.3, -0.25) is 0 Å². The van der Waals surface area contributed by atoms with Gasteiger partial charge in [0.25, 0.3) is 0 Å². The first-order valence-corrected chi connectivity index (χ1v) is 8.25. The Morgan fingerprint density at radius 2 is 2.16 bits per heavy atom. The summed E-state index contributed by atoms with van der Waals surface area (Å²) in [7, 11) is 2.01. The van der Waals surface area contributed by atoms with E-state index >= 15 is 0 Å². The van der Waals surface area contributed by atoms with Crippen LogP contribution in [0.25, 0.3) is 0 Å². The highest BCUT2D eigenvalue weighted by molar-refractivity contribution is 7.15. The minimum Gasteiger partial charge on any atom is -0.345 e. The average molecular weight is 281 g/mol. The van der Waals surface area contributed by atoms with Crippen molar-refractivity contribution in [1.29, 1.82) is 0 Å². The first kappa shape index (κ1) is 14.8. The monoisotopic (exact) mass is 281 g/mol. The van der Waals surface area contributed by atoms with Gasteiger partial charge in [0.05, 0.1) is 5.69 Å². The van der Waals surface area contributed by atoms with Crippen molar-refractivity contribution in [3.63, 3.8) is 0 Å². The van der Waals surface area contributed by atoms with E-state index < -0.39 is 0 Å². The second-order valence-electron chi connectivity index (χ2n) is 6.16. The van der Waals surface area contributed by atoms with Crippen molar-refractivity contribution in [3.8, 4) is 0 Å². The molecule has 0 radical (unpaired) electrons. The quantitative estimate of drug-likeness (QED) is 0.914. The van der Waals surface area contributed by atoms with Crippen LogP contribution in [0.3, 0.4) is 0 Å². The van der Waals surface area contributed by atoms with Crippen molar-refractivity contribution in [2.45, 2.75) is 59.0 Å². The van der Waals surface area contributed by atoms with Gasteiger partial charge >= 0.3 is 0 Å². The Bertz CT molecular complexity index is 414. The average Bonchev–Trinajstić information content (AvgIpc) is 2.73. The molecule has 3 nitrogen and oxygen atoms in total. The SMILES string of the molecule is CNCc1sc(N2CCC(C)CC2C)nc1C(C)C. The fourth-order valence-electron chi connectivity index (χ4n) is 2.90. The van der Waals surface area contributed by atoms with Gasteiger partial charge in [-0.25, -0.2) is 4.98 Å². The molecule has 1 aromatic heterocycles. The minimum absolute atomic E-state index is 0.507. The molecule has 2 unspecified atom stereocenters. The third-order valence-electron chi connectivity index (χ3n) is 3.98. The summed E-state index contributed by atoms with van der Waals surface area (Å²) in [5.41, 5.74) is 1.28. The fraction of sp³-hybridized carbons (Fsp3) is 0.800. The summed E-state index contributed by atoms with van der Waals surface area (Å²) in [5.74, 6) is 1.36. The summed E-state index contributed by atoms with van der Waals surface area (Å²) in [6.45, 7) is 11.3. The van der Waals surface area contributed by atoms with Gasteiger partial charge in [0.2, 0.25) is 0 Å². The summed E-state index contributed by atoms with van der Waals surface area (Å²) < 4.78 is 0. The molecule has 2 atom stereocenters. The highest BCUT2D eigenvalue weighted by Gasteiger charge is 2.26. The van der Waals surface area contributed by atoms with E-state index in [4.69, 9.17) is 4.98 Å².